The number of anilines is 1. The molecule has 0 aliphatic heterocycles. The maximum atomic E-state index is 11.5. The second-order valence-electron chi connectivity index (χ2n) is 4.91. The summed E-state index contributed by atoms with van der Waals surface area (Å²) in [5.74, 6) is -0.819. The van der Waals surface area contributed by atoms with Gasteiger partial charge in [0.15, 0.2) is 9.84 Å². The molecule has 5 nitrogen and oxygen atoms in total. The molecule has 0 atom stereocenters. The van der Waals surface area contributed by atoms with E-state index in [0.717, 1.165) is 6.26 Å². The molecule has 1 aromatic carbocycles. The third-order valence-corrected chi connectivity index (χ3v) is 4.48. The predicted octanol–water partition coefficient (Wildman–Crippen LogP) is 1.08. The molecule has 1 aliphatic carbocycles. The molecule has 2 rings (SSSR count). The quantitative estimate of drug-likeness (QED) is 0.797. The predicted molar refractivity (Wildman–Crippen MR) is 67.0 cm³/mol. The van der Waals surface area contributed by atoms with Gasteiger partial charge in [0.25, 0.3) is 0 Å². The molecule has 1 aliphatic rings. The minimum absolute atomic E-state index is 0.0705. The third kappa shape index (κ3) is 2.33. The number of carboxylic acids is 1. The standard InChI is InChI=1S/C12H15NO4S/c1-18(16,17)10-6-8(2-3-9(10)13)7-12(4-5-12)11(14)15/h2-3,6H,4-5,7,13H2,1H3,(H,14,15). The van der Waals surface area contributed by atoms with E-state index < -0.39 is 21.2 Å². The summed E-state index contributed by atoms with van der Waals surface area (Å²) in [6.07, 6.45) is 2.72. The highest BCUT2D eigenvalue weighted by molar-refractivity contribution is 7.90. The van der Waals surface area contributed by atoms with Crippen LogP contribution in [-0.4, -0.2) is 25.7 Å². The summed E-state index contributed by atoms with van der Waals surface area (Å²) in [5.41, 5.74) is 5.81. The Morgan fingerprint density at radius 2 is 2.06 bits per heavy atom. The van der Waals surface area contributed by atoms with E-state index in [0.29, 0.717) is 24.8 Å². The van der Waals surface area contributed by atoms with E-state index in [1.807, 2.05) is 0 Å². The zero-order valence-corrected chi connectivity index (χ0v) is 10.8. The van der Waals surface area contributed by atoms with Crippen molar-refractivity contribution in [2.45, 2.75) is 24.2 Å². The third-order valence-electron chi connectivity index (χ3n) is 3.33. The van der Waals surface area contributed by atoms with Crippen molar-refractivity contribution in [3.8, 4) is 0 Å². The number of nitrogen functional groups attached to an aromatic ring is 1. The van der Waals surface area contributed by atoms with Crippen molar-refractivity contribution < 1.29 is 18.3 Å². The van der Waals surface area contributed by atoms with E-state index in [1.165, 1.54) is 12.1 Å². The molecule has 0 amide bonds. The lowest BCUT2D eigenvalue weighted by Crippen LogP contribution is -2.17. The fraction of sp³-hybridized carbons (Fsp3) is 0.417. The molecule has 1 fully saturated rings. The van der Waals surface area contributed by atoms with Crippen LogP contribution in [0.3, 0.4) is 0 Å². The highest BCUT2D eigenvalue weighted by Crippen LogP contribution is 2.48. The topological polar surface area (TPSA) is 97.5 Å². The van der Waals surface area contributed by atoms with Crippen LogP contribution in [-0.2, 0) is 21.1 Å². The van der Waals surface area contributed by atoms with Crippen LogP contribution >= 0.6 is 0 Å². The lowest BCUT2D eigenvalue weighted by atomic mass is 9.96. The second-order valence-corrected chi connectivity index (χ2v) is 6.89. The average Bonchev–Trinajstić information content (AvgIpc) is 3.00. The second kappa shape index (κ2) is 3.98. The van der Waals surface area contributed by atoms with Crippen LogP contribution in [0, 0.1) is 5.41 Å². The molecule has 0 aromatic heterocycles. The van der Waals surface area contributed by atoms with E-state index in [9.17, 15) is 13.2 Å². The van der Waals surface area contributed by atoms with Gasteiger partial charge < -0.3 is 10.8 Å². The van der Waals surface area contributed by atoms with Crippen molar-refractivity contribution in [3.05, 3.63) is 23.8 Å². The van der Waals surface area contributed by atoms with Gasteiger partial charge in [-0.2, -0.15) is 0 Å². The van der Waals surface area contributed by atoms with Crippen molar-refractivity contribution in [1.29, 1.82) is 0 Å². The highest BCUT2D eigenvalue weighted by Gasteiger charge is 2.50. The summed E-state index contributed by atoms with van der Waals surface area (Å²) in [7, 11) is -3.38. The van der Waals surface area contributed by atoms with Crippen LogP contribution < -0.4 is 5.73 Å². The molecule has 1 saturated carbocycles. The van der Waals surface area contributed by atoms with Crippen LogP contribution in [0.2, 0.25) is 0 Å². The number of rotatable bonds is 4. The summed E-state index contributed by atoms with van der Waals surface area (Å²) < 4.78 is 23.0. The van der Waals surface area contributed by atoms with E-state index in [4.69, 9.17) is 10.8 Å². The van der Waals surface area contributed by atoms with Crippen LogP contribution in [0.4, 0.5) is 5.69 Å². The van der Waals surface area contributed by atoms with Crippen LogP contribution in [0.1, 0.15) is 18.4 Å². The summed E-state index contributed by atoms with van der Waals surface area (Å²) in [5, 5.41) is 9.11. The van der Waals surface area contributed by atoms with Gasteiger partial charge in [-0.1, -0.05) is 6.07 Å². The summed E-state index contributed by atoms with van der Waals surface area (Å²) in [6.45, 7) is 0. The minimum Gasteiger partial charge on any atom is -0.481 e. The van der Waals surface area contributed by atoms with Gasteiger partial charge >= 0.3 is 5.97 Å². The Morgan fingerprint density at radius 3 is 2.50 bits per heavy atom. The number of benzene rings is 1. The fourth-order valence-electron chi connectivity index (χ4n) is 2.02. The Balaban J connectivity index is 2.34. The van der Waals surface area contributed by atoms with Gasteiger partial charge in [-0.25, -0.2) is 8.42 Å². The van der Waals surface area contributed by atoms with Crippen LogP contribution in [0.5, 0.6) is 0 Å². The molecule has 18 heavy (non-hydrogen) atoms. The first-order valence-corrected chi connectivity index (χ1v) is 7.46. The maximum absolute atomic E-state index is 11.5. The first-order chi connectivity index (χ1) is 8.24. The Kier molecular flexibility index (Phi) is 2.85. The highest BCUT2D eigenvalue weighted by atomic mass is 32.2. The van der Waals surface area contributed by atoms with Crippen molar-refractivity contribution >= 4 is 21.5 Å². The fourth-order valence-corrected chi connectivity index (χ4v) is 2.88. The molecule has 0 saturated heterocycles. The van der Waals surface area contributed by atoms with E-state index in [1.54, 1.807) is 6.07 Å². The lowest BCUT2D eigenvalue weighted by molar-refractivity contribution is -0.143. The van der Waals surface area contributed by atoms with Crippen LogP contribution in [0.25, 0.3) is 0 Å². The Morgan fingerprint density at radius 1 is 1.44 bits per heavy atom. The number of hydrogen-bond donors (Lipinski definition) is 2. The normalized spacial score (nSPS) is 17.4. The van der Waals surface area contributed by atoms with E-state index >= 15 is 0 Å². The van der Waals surface area contributed by atoms with Crippen molar-refractivity contribution in [1.82, 2.24) is 0 Å². The molecule has 0 heterocycles. The van der Waals surface area contributed by atoms with Crippen LogP contribution in [0.15, 0.2) is 23.1 Å². The molecule has 6 heteroatoms. The summed E-state index contributed by atoms with van der Waals surface area (Å²) >= 11 is 0. The Labute approximate surface area is 106 Å². The molecule has 98 valence electrons. The average molecular weight is 269 g/mol. The van der Waals surface area contributed by atoms with Crippen molar-refractivity contribution in [2.24, 2.45) is 5.41 Å². The van der Waals surface area contributed by atoms with Crippen molar-refractivity contribution in [3.63, 3.8) is 0 Å². The minimum atomic E-state index is -3.38. The number of carbonyl (C=O) groups is 1. The van der Waals surface area contributed by atoms with Gasteiger partial charge in [-0.3, -0.25) is 4.79 Å². The lowest BCUT2D eigenvalue weighted by Gasteiger charge is -2.11. The van der Waals surface area contributed by atoms with E-state index in [2.05, 4.69) is 0 Å². The number of sulfone groups is 1. The van der Waals surface area contributed by atoms with Gasteiger partial charge in [0, 0.05) is 6.26 Å². The summed E-state index contributed by atoms with van der Waals surface area (Å²) in [4.78, 5) is 11.2. The monoisotopic (exact) mass is 269 g/mol. The Bertz CT molecular complexity index is 603. The SMILES string of the molecule is CS(=O)(=O)c1cc(CC2(C(=O)O)CC2)ccc1N. The van der Waals surface area contributed by atoms with E-state index in [-0.39, 0.29) is 10.6 Å². The van der Waals surface area contributed by atoms with Gasteiger partial charge in [0.2, 0.25) is 0 Å². The molecule has 0 spiro atoms. The first kappa shape index (κ1) is 12.9. The van der Waals surface area contributed by atoms with Gasteiger partial charge in [-0.05, 0) is 37.0 Å². The zero-order chi connectivity index (χ0) is 13.6. The number of nitrogens with two attached hydrogens (primary N) is 1. The van der Waals surface area contributed by atoms with Gasteiger partial charge in [0.1, 0.15) is 0 Å². The molecule has 3 N–H and O–H groups in total. The molecule has 0 unspecified atom stereocenters. The number of hydrogen-bond acceptors (Lipinski definition) is 4. The zero-order valence-electron chi connectivity index (χ0n) is 10.0. The molecule has 1 aromatic rings. The number of carboxylic acid groups (broad SMARTS) is 1. The molecule has 0 radical (unpaired) electrons. The molecule has 0 bridgehead atoms. The summed E-state index contributed by atoms with van der Waals surface area (Å²) in [6, 6.07) is 4.68. The first-order valence-electron chi connectivity index (χ1n) is 5.56. The Hall–Kier alpha value is -1.56. The largest absolute Gasteiger partial charge is 0.481 e. The molecular formula is C12H15NO4S. The molecular weight excluding hydrogens is 254 g/mol. The van der Waals surface area contributed by atoms with Gasteiger partial charge in [0.05, 0.1) is 16.0 Å². The van der Waals surface area contributed by atoms with Crippen molar-refractivity contribution in [2.75, 3.05) is 12.0 Å². The smallest absolute Gasteiger partial charge is 0.309 e. The number of aliphatic carboxylic acids is 1. The van der Waals surface area contributed by atoms with Gasteiger partial charge in [-0.15, -0.1) is 0 Å². The maximum Gasteiger partial charge on any atom is 0.309 e.